The van der Waals surface area contributed by atoms with Crippen LogP contribution in [0, 0.1) is 0 Å². The van der Waals surface area contributed by atoms with Crippen molar-refractivity contribution in [3.63, 3.8) is 0 Å². The summed E-state index contributed by atoms with van der Waals surface area (Å²) in [4.78, 5) is 13.7. The van der Waals surface area contributed by atoms with E-state index in [0.29, 0.717) is 12.3 Å². The number of amides is 1. The van der Waals surface area contributed by atoms with Crippen molar-refractivity contribution in [2.45, 2.75) is 11.4 Å². The van der Waals surface area contributed by atoms with E-state index in [1.807, 2.05) is 0 Å². The summed E-state index contributed by atoms with van der Waals surface area (Å²) >= 11 is 5.86. The lowest BCUT2D eigenvalue weighted by Crippen LogP contribution is -2.26. The Morgan fingerprint density at radius 3 is 2.62 bits per heavy atom. The molecule has 5 nitrogen and oxygen atoms in total. The van der Waals surface area contributed by atoms with Crippen LogP contribution in [0.5, 0.6) is 0 Å². The molecule has 0 saturated carbocycles. The molecule has 0 aliphatic rings. The fourth-order valence-corrected chi connectivity index (χ4v) is 3.15. The molecule has 1 heterocycles. The number of furan rings is 1. The van der Waals surface area contributed by atoms with Gasteiger partial charge in [0.2, 0.25) is 0 Å². The molecule has 7 heteroatoms. The third kappa shape index (κ3) is 3.65. The molecular weight excluding hydrogens is 314 g/mol. The fraction of sp³-hybridized carbons (Fsp3) is 0.214. The number of carbonyl (C=O) groups excluding carboxylic acids is 1. The van der Waals surface area contributed by atoms with E-state index >= 15 is 0 Å². The van der Waals surface area contributed by atoms with Crippen LogP contribution < -0.4 is 0 Å². The second-order valence-electron chi connectivity index (χ2n) is 4.66. The van der Waals surface area contributed by atoms with Crippen molar-refractivity contribution in [3.8, 4) is 0 Å². The van der Waals surface area contributed by atoms with E-state index in [9.17, 15) is 13.2 Å². The zero-order valence-corrected chi connectivity index (χ0v) is 13.1. The highest BCUT2D eigenvalue weighted by atomic mass is 35.5. The first kappa shape index (κ1) is 15.6. The first-order chi connectivity index (χ1) is 9.79. The summed E-state index contributed by atoms with van der Waals surface area (Å²) in [6.45, 7) is 0.294. The summed E-state index contributed by atoms with van der Waals surface area (Å²) in [5, 5.41) is 0.0998. The Hall–Kier alpha value is -1.79. The van der Waals surface area contributed by atoms with Crippen LogP contribution >= 0.6 is 11.6 Å². The third-order valence-corrected chi connectivity index (χ3v) is 4.48. The molecule has 0 aliphatic heterocycles. The van der Waals surface area contributed by atoms with Crippen LogP contribution in [0.3, 0.4) is 0 Å². The maximum Gasteiger partial charge on any atom is 0.254 e. The van der Waals surface area contributed by atoms with E-state index in [0.717, 1.165) is 6.26 Å². The quantitative estimate of drug-likeness (QED) is 0.865. The molecule has 112 valence electrons. The minimum absolute atomic E-state index is 0.0542. The van der Waals surface area contributed by atoms with Crippen molar-refractivity contribution in [3.05, 3.63) is 52.9 Å². The number of hydrogen-bond acceptors (Lipinski definition) is 4. The minimum Gasteiger partial charge on any atom is -0.467 e. The topological polar surface area (TPSA) is 67.6 Å². The van der Waals surface area contributed by atoms with Gasteiger partial charge in [-0.3, -0.25) is 4.79 Å². The van der Waals surface area contributed by atoms with Crippen molar-refractivity contribution in [2.75, 3.05) is 13.3 Å². The lowest BCUT2D eigenvalue weighted by Gasteiger charge is -2.16. The molecule has 0 atom stereocenters. The summed E-state index contributed by atoms with van der Waals surface area (Å²) in [6, 6.07) is 7.69. The lowest BCUT2D eigenvalue weighted by atomic mass is 10.2. The summed E-state index contributed by atoms with van der Waals surface area (Å²) < 4.78 is 28.4. The van der Waals surface area contributed by atoms with Crippen LogP contribution in [0.25, 0.3) is 0 Å². The van der Waals surface area contributed by atoms with Gasteiger partial charge in [0.25, 0.3) is 5.91 Å². The molecule has 0 saturated heterocycles. The molecule has 0 radical (unpaired) electrons. The van der Waals surface area contributed by atoms with Gasteiger partial charge in [0.1, 0.15) is 5.76 Å². The third-order valence-electron chi connectivity index (χ3n) is 2.90. The summed E-state index contributed by atoms with van der Waals surface area (Å²) in [5.74, 6) is 0.330. The maximum absolute atomic E-state index is 12.3. The predicted molar refractivity (Wildman–Crippen MR) is 79.1 cm³/mol. The van der Waals surface area contributed by atoms with Gasteiger partial charge in [0.15, 0.2) is 9.84 Å². The Kier molecular flexibility index (Phi) is 4.39. The van der Waals surface area contributed by atoms with Crippen LogP contribution in [0.2, 0.25) is 5.02 Å². The lowest BCUT2D eigenvalue weighted by molar-refractivity contribution is 0.0775. The van der Waals surface area contributed by atoms with E-state index in [-0.39, 0.29) is 21.4 Å². The highest BCUT2D eigenvalue weighted by Gasteiger charge is 2.18. The van der Waals surface area contributed by atoms with Gasteiger partial charge in [0.05, 0.1) is 22.7 Å². The molecule has 0 unspecified atom stereocenters. The van der Waals surface area contributed by atoms with Gasteiger partial charge in [0, 0.05) is 18.9 Å². The van der Waals surface area contributed by atoms with Crippen molar-refractivity contribution in [2.24, 2.45) is 0 Å². The summed E-state index contributed by atoms with van der Waals surface area (Å²) in [5.41, 5.74) is 0.258. The average Bonchev–Trinajstić information content (AvgIpc) is 2.90. The van der Waals surface area contributed by atoms with E-state index in [1.165, 1.54) is 29.4 Å². The number of nitrogens with zero attached hydrogens (tertiary/aromatic N) is 1. The molecule has 0 N–H and O–H groups in total. The molecule has 1 amide bonds. The zero-order chi connectivity index (χ0) is 15.6. The molecular formula is C14H14ClNO4S. The van der Waals surface area contributed by atoms with E-state index in [4.69, 9.17) is 16.0 Å². The average molecular weight is 328 g/mol. The molecule has 0 bridgehead atoms. The van der Waals surface area contributed by atoms with Gasteiger partial charge in [-0.2, -0.15) is 0 Å². The highest BCUT2D eigenvalue weighted by Crippen LogP contribution is 2.23. The van der Waals surface area contributed by atoms with Crippen LogP contribution in [0.1, 0.15) is 16.1 Å². The summed E-state index contributed by atoms with van der Waals surface area (Å²) in [7, 11) is -1.88. The Bertz CT molecular complexity index is 753. The Labute approximate surface area is 128 Å². The van der Waals surface area contributed by atoms with Crippen molar-refractivity contribution in [1.29, 1.82) is 0 Å². The van der Waals surface area contributed by atoms with Crippen LogP contribution in [-0.2, 0) is 16.4 Å². The van der Waals surface area contributed by atoms with Gasteiger partial charge in [-0.1, -0.05) is 11.6 Å². The fourth-order valence-electron chi connectivity index (χ4n) is 1.85. The molecule has 0 spiro atoms. The zero-order valence-electron chi connectivity index (χ0n) is 11.5. The van der Waals surface area contributed by atoms with Gasteiger partial charge >= 0.3 is 0 Å². The molecule has 0 aliphatic carbocycles. The van der Waals surface area contributed by atoms with Crippen molar-refractivity contribution < 1.29 is 17.6 Å². The monoisotopic (exact) mass is 327 g/mol. The largest absolute Gasteiger partial charge is 0.467 e. The van der Waals surface area contributed by atoms with Gasteiger partial charge < -0.3 is 9.32 Å². The highest BCUT2D eigenvalue weighted by molar-refractivity contribution is 7.90. The van der Waals surface area contributed by atoms with Crippen LogP contribution in [0.15, 0.2) is 45.9 Å². The molecule has 1 aromatic heterocycles. The van der Waals surface area contributed by atoms with E-state index in [1.54, 1.807) is 19.2 Å². The minimum atomic E-state index is -3.49. The maximum atomic E-state index is 12.3. The molecule has 21 heavy (non-hydrogen) atoms. The molecule has 1 aromatic carbocycles. The number of sulfone groups is 1. The van der Waals surface area contributed by atoms with Crippen LogP contribution in [-0.4, -0.2) is 32.5 Å². The molecule has 2 rings (SSSR count). The van der Waals surface area contributed by atoms with Crippen molar-refractivity contribution in [1.82, 2.24) is 4.90 Å². The number of rotatable bonds is 4. The van der Waals surface area contributed by atoms with E-state index in [2.05, 4.69) is 0 Å². The van der Waals surface area contributed by atoms with Gasteiger partial charge in [-0.25, -0.2) is 8.42 Å². The predicted octanol–water partition coefficient (Wildman–Crippen LogP) is 2.61. The van der Waals surface area contributed by atoms with Crippen LogP contribution in [0.4, 0.5) is 0 Å². The first-order valence-electron chi connectivity index (χ1n) is 6.06. The number of hydrogen-bond donors (Lipinski definition) is 0. The van der Waals surface area contributed by atoms with Gasteiger partial charge in [-0.15, -0.1) is 0 Å². The second-order valence-corrected chi connectivity index (χ2v) is 7.05. The smallest absolute Gasteiger partial charge is 0.254 e. The number of halogens is 1. The molecule has 2 aromatic rings. The SMILES string of the molecule is CN(Cc1ccco1)C(=O)c1ccc(Cl)c(S(C)(=O)=O)c1. The Balaban J connectivity index is 2.27. The number of carbonyl (C=O) groups is 1. The van der Waals surface area contributed by atoms with Gasteiger partial charge in [-0.05, 0) is 30.3 Å². The van der Waals surface area contributed by atoms with E-state index < -0.39 is 9.84 Å². The normalized spacial score (nSPS) is 11.4. The Morgan fingerprint density at radius 2 is 2.05 bits per heavy atom. The number of benzene rings is 1. The standard InChI is InChI=1S/C14H14ClNO4S/c1-16(9-11-4-3-7-20-11)14(17)10-5-6-12(15)13(8-10)21(2,18)19/h3-8H,9H2,1-2H3. The molecule has 0 fully saturated rings. The van der Waals surface area contributed by atoms with Crippen molar-refractivity contribution >= 4 is 27.3 Å². The second kappa shape index (κ2) is 5.91. The summed E-state index contributed by atoms with van der Waals surface area (Å²) in [6.07, 6.45) is 2.58. The first-order valence-corrected chi connectivity index (χ1v) is 8.33. The Morgan fingerprint density at radius 1 is 1.33 bits per heavy atom.